The number of anilines is 2. The van der Waals surface area contributed by atoms with Crippen LogP contribution in [0.25, 0.3) is 0 Å². The molecule has 39 heavy (non-hydrogen) atoms. The molecule has 0 spiro atoms. The number of alkyl halides is 3. The third kappa shape index (κ3) is 10.1. The first kappa shape index (κ1) is 30.8. The lowest BCUT2D eigenvalue weighted by Gasteiger charge is -2.34. The summed E-state index contributed by atoms with van der Waals surface area (Å²) in [6.45, 7) is 6.09. The highest BCUT2D eigenvalue weighted by atomic mass is 32.2. The summed E-state index contributed by atoms with van der Waals surface area (Å²) in [5.74, 6) is 2.48. The van der Waals surface area contributed by atoms with Crippen molar-refractivity contribution in [3.63, 3.8) is 0 Å². The van der Waals surface area contributed by atoms with Crippen molar-refractivity contribution >= 4 is 29.4 Å². The second-order valence-corrected chi connectivity index (χ2v) is 10.8. The number of aromatic nitrogens is 2. The number of nitrogens with zero attached hydrogens (tertiary/aromatic N) is 3. The molecule has 1 saturated carbocycles. The summed E-state index contributed by atoms with van der Waals surface area (Å²) in [6.07, 6.45) is 5.80. The van der Waals surface area contributed by atoms with E-state index in [1.165, 1.54) is 13.0 Å². The molecule has 1 aromatic heterocycles. The van der Waals surface area contributed by atoms with Crippen LogP contribution in [0, 0.1) is 11.8 Å². The first-order valence-corrected chi connectivity index (χ1v) is 14.8. The predicted octanol–water partition coefficient (Wildman–Crippen LogP) is 6.44. The van der Waals surface area contributed by atoms with Crippen molar-refractivity contribution in [1.82, 2.24) is 9.97 Å². The minimum Gasteiger partial charge on any atom is -0.489 e. The van der Waals surface area contributed by atoms with Gasteiger partial charge in [-0.3, -0.25) is 4.79 Å². The second kappa shape index (κ2) is 15.2. The number of nitrogens with one attached hydrogen (secondary N) is 1. The largest absolute Gasteiger partial charge is 0.489 e. The van der Waals surface area contributed by atoms with E-state index in [9.17, 15) is 18.0 Å². The quantitative estimate of drug-likeness (QED) is 0.206. The molecule has 1 aromatic carbocycles. The smallest absolute Gasteiger partial charge is 0.416 e. The Bertz CT molecular complexity index is 1030. The van der Waals surface area contributed by atoms with Gasteiger partial charge < -0.3 is 19.7 Å². The molecule has 1 fully saturated rings. The third-order valence-electron chi connectivity index (χ3n) is 7.03. The monoisotopic (exact) mass is 568 g/mol. The van der Waals surface area contributed by atoms with Gasteiger partial charge in [0.1, 0.15) is 0 Å². The van der Waals surface area contributed by atoms with Crippen LogP contribution in [0.5, 0.6) is 5.75 Å². The molecule has 0 bridgehead atoms. The number of carbonyl (C=O) groups is 1. The van der Waals surface area contributed by atoms with E-state index in [1.54, 1.807) is 30.2 Å². The number of carbonyl (C=O) groups excluding carboxylic acids is 1. The molecule has 1 aliphatic carbocycles. The van der Waals surface area contributed by atoms with Crippen molar-refractivity contribution in [3.8, 4) is 5.75 Å². The van der Waals surface area contributed by atoms with Gasteiger partial charge in [-0.15, -0.1) is 0 Å². The van der Waals surface area contributed by atoms with Gasteiger partial charge in [-0.05, 0) is 80.9 Å². The highest BCUT2D eigenvalue weighted by Gasteiger charge is 2.32. The Kier molecular flexibility index (Phi) is 12.0. The van der Waals surface area contributed by atoms with Gasteiger partial charge in [-0.25, -0.2) is 9.97 Å². The summed E-state index contributed by atoms with van der Waals surface area (Å²) in [4.78, 5) is 21.7. The SMILES string of the molecule is CCN(CC1CCC(CCOC(C)=O)CC1)c1ccc(C(F)(F)F)cc1CNc1ncc(OCCSC)cn1. The van der Waals surface area contributed by atoms with Gasteiger partial charge in [0.2, 0.25) is 5.95 Å². The molecule has 3 rings (SSSR count). The summed E-state index contributed by atoms with van der Waals surface area (Å²) in [6, 6.07) is 3.96. The summed E-state index contributed by atoms with van der Waals surface area (Å²) < 4.78 is 51.3. The molecular weight excluding hydrogens is 529 g/mol. The minimum atomic E-state index is -4.43. The highest BCUT2D eigenvalue weighted by Crippen LogP contribution is 2.36. The lowest BCUT2D eigenvalue weighted by atomic mass is 9.80. The number of ether oxygens (including phenoxy) is 2. The fraction of sp³-hybridized carbons (Fsp3) is 0.607. The van der Waals surface area contributed by atoms with E-state index in [4.69, 9.17) is 9.47 Å². The Morgan fingerprint density at radius 2 is 1.82 bits per heavy atom. The van der Waals surface area contributed by atoms with Crippen LogP contribution in [-0.2, 0) is 22.3 Å². The molecule has 216 valence electrons. The molecule has 0 aliphatic heterocycles. The van der Waals surface area contributed by atoms with Crippen LogP contribution in [0.4, 0.5) is 24.8 Å². The Hall–Kier alpha value is -2.69. The number of benzene rings is 1. The lowest BCUT2D eigenvalue weighted by molar-refractivity contribution is -0.141. The van der Waals surface area contributed by atoms with Crippen LogP contribution in [0.3, 0.4) is 0 Å². The van der Waals surface area contributed by atoms with E-state index >= 15 is 0 Å². The second-order valence-electron chi connectivity index (χ2n) is 9.83. The van der Waals surface area contributed by atoms with E-state index in [2.05, 4.69) is 20.2 Å². The summed E-state index contributed by atoms with van der Waals surface area (Å²) in [7, 11) is 0. The lowest BCUT2D eigenvalue weighted by Crippen LogP contribution is -2.32. The summed E-state index contributed by atoms with van der Waals surface area (Å²) >= 11 is 1.68. The van der Waals surface area contributed by atoms with Crippen molar-refractivity contribution < 1.29 is 27.4 Å². The van der Waals surface area contributed by atoms with Crippen LogP contribution >= 0.6 is 11.8 Å². The topological polar surface area (TPSA) is 76.6 Å². The first-order chi connectivity index (χ1) is 18.7. The fourth-order valence-corrected chi connectivity index (χ4v) is 5.14. The van der Waals surface area contributed by atoms with Gasteiger partial charge in [-0.1, -0.05) is 0 Å². The van der Waals surface area contributed by atoms with Gasteiger partial charge in [0.05, 0.1) is 31.2 Å². The highest BCUT2D eigenvalue weighted by molar-refractivity contribution is 7.98. The number of rotatable bonds is 14. The fourth-order valence-electron chi connectivity index (χ4n) is 4.89. The molecule has 1 N–H and O–H groups in total. The maximum Gasteiger partial charge on any atom is 0.416 e. The van der Waals surface area contributed by atoms with Crippen LogP contribution < -0.4 is 15.0 Å². The molecule has 7 nitrogen and oxygen atoms in total. The number of esters is 1. The zero-order valence-electron chi connectivity index (χ0n) is 22.9. The van der Waals surface area contributed by atoms with Crippen molar-refractivity contribution in [2.24, 2.45) is 11.8 Å². The molecule has 11 heteroatoms. The average molecular weight is 569 g/mol. The zero-order chi connectivity index (χ0) is 28.3. The van der Waals surface area contributed by atoms with E-state index in [1.807, 2.05) is 13.2 Å². The molecule has 0 radical (unpaired) electrons. The molecule has 0 unspecified atom stereocenters. The molecule has 0 atom stereocenters. The number of thioether (sulfide) groups is 1. The van der Waals surface area contributed by atoms with Crippen molar-refractivity contribution in [3.05, 3.63) is 41.7 Å². The minimum absolute atomic E-state index is 0.158. The van der Waals surface area contributed by atoms with Crippen LogP contribution in [-0.4, -0.2) is 54.2 Å². The first-order valence-electron chi connectivity index (χ1n) is 13.5. The normalized spacial score (nSPS) is 17.5. The van der Waals surface area contributed by atoms with E-state index in [-0.39, 0.29) is 12.5 Å². The predicted molar refractivity (Wildman–Crippen MR) is 149 cm³/mol. The maximum absolute atomic E-state index is 13.6. The van der Waals surface area contributed by atoms with Crippen molar-refractivity contribution in [1.29, 1.82) is 0 Å². The Labute approximate surface area is 233 Å². The summed E-state index contributed by atoms with van der Waals surface area (Å²) in [5.41, 5.74) is 0.656. The Morgan fingerprint density at radius 1 is 1.13 bits per heavy atom. The van der Waals surface area contributed by atoms with Gasteiger partial charge in [-0.2, -0.15) is 24.9 Å². The number of halogens is 3. The molecule has 1 aliphatic rings. The molecular formula is C28H39F3N4O3S. The van der Waals surface area contributed by atoms with Crippen molar-refractivity contribution in [2.75, 3.05) is 48.5 Å². The molecule has 0 amide bonds. The Morgan fingerprint density at radius 3 is 2.44 bits per heavy atom. The number of hydrogen-bond donors (Lipinski definition) is 1. The van der Waals surface area contributed by atoms with Gasteiger partial charge in [0.15, 0.2) is 5.75 Å². The van der Waals surface area contributed by atoms with Crippen LogP contribution in [0.1, 0.15) is 57.1 Å². The standard InChI is InChI=1S/C28H39F3N4O3S/c1-4-35(19-22-7-5-21(6-8-22)11-12-37-20(2)36)26-10-9-24(28(29,30)31)15-23(26)16-32-27-33-17-25(18-34-27)38-13-14-39-3/h9-10,15,17-18,21-22H,4-8,11-14,16,19H2,1-3H3,(H,32,33,34). The van der Waals surface area contributed by atoms with E-state index < -0.39 is 11.7 Å². The van der Waals surface area contributed by atoms with Gasteiger partial charge >= 0.3 is 12.1 Å². The molecule has 0 saturated heterocycles. The maximum atomic E-state index is 13.6. The van der Waals surface area contributed by atoms with Crippen LogP contribution in [0.2, 0.25) is 0 Å². The Balaban J connectivity index is 1.66. The summed E-state index contributed by atoms with van der Waals surface area (Å²) in [5, 5.41) is 3.08. The molecule has 1 heterocycles. The van der Waals surface area contributed by atoms with Crippen LogP contribution in [0.15, 0.2) is 30.6 Å². The average Bonchev–Trinajstić information content (AvgIpc) is 2.91. The van der Waals surface area contributed by atoms with Crippen molar-refractivity contribution in [2.45, 2.75) is 58.7 Å². The number of hydrogen-bond acceptors (Lipinski definition) is 8. The van der Waals surface area contributed by atoms with Gasteiger partial charge in [0.25, 0.3) is 0 Å². The third-order valence-corrected chi connectivity index (χ3v) is 7.60. The molecule has 2 aromatic rings. The van der Waals surface area contributed by atoms with E-state index in [0.29, 0.717) is 48.9 Å². The van der Waals surface area contributed by atoms with Gasteiger partial charge in [0, 0.05) is 38.0 Å². The zero-order valence-corrected chi connectivity index (χ0v) is 23.7. The van der Waals surface area contributed by atoms with E-state index in [0.717, 1.165) is 56.2 Å².